The zero-order valence-electron chi connectivity index (χ0n) is 11.7. The highest BCUT2D eigenvalue weighted by Gasteiger charge is 2.16. The Morgan fingerprint density at radius 1 is 1.45 bits per heavy atom. The molecule has 0 aliphatic rings. The Labute approximate surface area is 130 Å². The molecule has 0 radical (unpaired) electrons. The van der Waals surface area contributed by atoms with Crippen LogP contribution in [-0.2, 0) is 6.54 Å². The first kappa shape index (κ1) is 15.5. The maximum atomic E-state index is 12.5. The summed E-state index contributed by atoms with van der Waals surface area (Å²) in [5.74, 6) is 0.488. The zero-order valence-corrected chi connectivity index (χ0v) is 14.1. The molecule has 0 atom stereocenters. The average Bonchev–Trinajstić information content (AvgIpc) is 2.36. The van der Waals surface area contributed by atoms with Gasteiger partial charge in [0.25, 0.3) is 5.56 Å². The number of hydrogen-bond donors (Lipinski definition) is 1. The van der Waals surface area contributed by atoms with Gasteiger partial charge < -0.3 is 5.11 Å². The summed E-state index contributed by atoms with van der Waals surface area (Å²) in [6.07, 6.45) is 0. The number of rotatable bonds is 4. The van der Waals surface area contributed by atoms with Crippen molar-refractivity contribution < 1.29 is 5.11 Å². The van der Waals surface area contributed by atoms with Crippen LogP contribution < -0.4 is 5.56 Å². The number of hydrogen-bond acceptors (Lipinski definition) is 4. The van der Waals surface area contributed by atoms with Crippen LogP contribution in [0.4, 0.5) is 0 Å². The highest BCUT2D eigenvalue weighted by molar-refractivity contribution is 9.10. The van der Waals surface area contributed by atoms with Crippen molar-refractivity contribution in [2.24, 2.45) is 0 Å². The van der Waals surface area contributed by atoms with Gasteiger partial charge in [-0.25, -0.2) is 4.98 Å². The van der Waals surface area contributed by atoms with E-state index in [0.717, 1.165) is 4.47 Å². The Morgan fingerprint density at radius 3 is 2.75 bits per heavy atom. The molecule has 6 heteroatoms. The van der Waals surface area contributed by atoms with Gasteiger partial charge in [0.2, 0.25) is 0 Å². The van der Waals surface area contributed by atoms with Crippen LogP contribution >= 0.6 is 27.7 Å². The molecule has 0 fully saturated rings. The van der Waals surface area contributed by atoms with Gasteiger partial charge >= 0.3 is 0 Å². The van der Waals surface area contributed by atoms with E-state index in [-0.39, 0.29) is 5.56 Å². The smallest absolute Gasteiger partial charge is 0.262 e. The van der Waals surface area contributed by atoms with E-state index in [0.29, 0.717) is 28.4 Å². The fourth-order valence-corrected chi connectivity index (χ4v) is 3.18. The van der Waals surface area contributed by atoms with Crippen LogP contribution in [-0.4, -0.2) is 26.0 Å². The zero-order chi connectivity index (χ0) is 14.9. The monoisotopic (exact) mass is 356 g/mol. The molecule has 2 aromatic rings. The molecule has 0 aliphatic heterocycles. The largest absolute Gasteiger partial charge is 0.390 e. The van der Waals surface area contributed by atoms with Gasteiger partial charge in [-0.2, -0.15) is 0 Å². The maximum Gasteiger partial charge on any atom is 0.262 e. The Bertz CT molecular complexity index is 692. The number of aliphatic hydroxyl groups is 1. The van der Waals surface area contributed by atoms with Gasteiger partial charge in [0.15, 0.2) is 5.16 Å². The van der Waals surface area contributed by atoms with E-state index in [9.17, 15) is 9.90 Å². The number of halogens is 1. The first-order chi connectivity index (χ1) is 9.31. The fourth-order valence-electron chi connectivity index (χ4n) is 1.80. The third kappa shape index (κ3) is 3.42. The van der Waals surface area contributed by atoms with Crippen LogP contribution in [0.2, 0.25) is 0 Å². The average molecular weight is 357 g/mol. The molecular weight excluding hydrogens is 340 g/mol. The van der Waals surface area contributed by atoms with Gasteiger partial charge in [-0.1, -0.05) is 27.7 Å². The van der Waals surface area contributed by atoms with E-state index in [2.05, 4.69) is 20.9 Å². The Kier molecular flexibility index (Phi) is 4.56. The SMILES string of the molecule is CCn1c(SCC(C)(C)O)nc2ccc(Br)cc2c1=O. The molecule has 2 rings (SSSR count). The molecule has 1 aromatic carbocycles. The molecule has 1 N–H and O–H groups in total. The van der Waals surface area contributed by atoms with Gasteiger partial charge in [-0.05, 0) is 39.0 Å². The van der Waals surface area contributed by atoms with E-state index in [1.54, 1.807) is 24.5 Å². The van der Waals surface area contributed by atoms with Crippen molar-refractivity contribution in [2.45, 2.75) is 38.1 Å². The quantitative estimate of drug-likeness (QED) is 0.675. The lowest BCUT2D eigenvalue weighted by Crippen LogP contribution is -2.25. The summed E-state index contributed by atoms with van der Waals surface area (Å²) < 4.78 is 2.51. The van der Waals surface area contributed by atoms with Gasteiger partial charge in [0.05, 0.1) is 16.5 Å². The topological polar surface area (TPSA) is 55.1 Å². The number of aromatic nitrogens is 2. The number of nitrogens with zero attached hydrogens (tertiary/aromatic N) is 2. The van der Waals surface area contributed by atoms with E-state index in [1.807, 2.05) is 19.1 Å². The third-order valence-corrected chi connectivity index (χ3v) is 4.67. The van der Waals surface area contributed by atoms with Crippen molar-refractivity contribution in [3.05, 3.63) is 33.0 Å². The lowest BCUT2D eigenvalue weighted by atomic mass is 10.2. The van der Waals surface area contributed by atoms with Crippen LogP contribution in [0.25, 0.3) is 10.9 Å². The molecule has 20 heavy (non-hydrogen) atoms. The lowest BCUT2D eigenvalue weighted by Gasteiger charge is -2.17. The minimum absolute atomic E-state index is 0.0444. The predicted molar refractivity (Wildman–Crippen MR) is 86.4 cm³/mol. The molecule has 0 saturated carbocycles. The van der Waals surface area contributed by atoms with Crippen LogP contribution in [0.15, 0.2) is 32.6 Å². The Balaban J connectivity index is 2.55. The van der Waals surface area contributed by atoms with E-state index in [4.69, 9.17) is 0 Å². The van der Waals surface area contributed by atoms with E-state index >= 15 is 0 Å². The molecule has 0 amide bonds. The lowest BCUT2D eigenvalue weighted by molar-refractivity contribution is 0.107. The van der Waals surface area contributed by atoms with Crippen molar-refractivity contribution in [3.8, 4) is 0 Å². The first-order valence-electron chi connectivity index (χ1n) is 6.37. The highest BCUT2D eigenvalue weighted by Crippen LogP contribution is 2.23. The highest BCUT2D eigenvalue weighted by atomic mass is 79.9. The third-order valence-electron chi connectivity index (χ3n) is 2.75. The van der Waals surface area contributed by atoms with Crippen molar-refractivity contribution in [3.63, 3.8) is 0 Å². The summed E-state index contributed by atoms with van der Waals surface area (Å²) in [5.41, 5.74) is -0.159. The number of fused-ring (bicyclic) bond motifs is 1. The second kappa shape index (κ2) is 5.87. The van der Waals surface area contributed by atoms with Crippen molar-refractivity contribution >= 4 is 38.6 Å². The van der Waals surface area contributed by atoms with Gasteiger partial charge in [-0.3, -0.25) is 9.36 Å². The number of thioether (sulfide) groups is 1. The Morgan fingerprint density at radius 2 is 2.15 bits per heavy atom. The summed E-state index contributed by atoms with van der Waals surface area (Å²) in [6, 6.07) is 5.49. The Hall–Kier alpha value is -0.850. The molecular formula is C14H17BrN2O2S. The van der Waals surface area contributed by atoms with Gasteiger partial charge in [-0.15, -0.1) is 0 Å². The summed E-state index contributed by atoms with van der Waals surface area (Å²) in [7, 11) is 0. The molecule has 4 nitrogen and oxygen atoms in total. The van der Waals surface area contributed by atoms with Crippen molar-refractivity contribution in [2.75, 3.05) is 5.75 Å². The molecule has 1 heterocycles. The summed E-state index contributed by atoms with van der Waals surface area (Å²) >= 11 is 4.78. The summed E-state index contributed by atoms with van der Waals surface area (Å²) in [6.45, 7) is 5.96. The number of benzene rings is 1. The summed E-state index contributed by atoms with van der Waals surface area (Å²) in [4.78, 5) is 17.0. The molecule has 1 aromatic heterocycles. The van der Waals surface area contributed by atoms with Crippen molar-refractivity contribution in [1.82, 2.24) is 9.55 Å². The minimum Gasteiger partial charge on any atom is -0.390 e. The molecule has 0 aliphatic carbocycles. The first-order valence-corrected chi connectivity index (χ1v) is 8.15. The minimum atomic E-state index is -0.796. The molecule has 0 saturated heterocycles. The summed E-state index contributed by atoms with van der Waals surface area (Å²) in [5, 5.41) is 11.1. The molecule has 108 valence electrons. The van der Waals surface area contributed by atoms with Crippen LogP contribution in [0.3, 0.4) is 0 Å². The van der Waals surface area contributed by atoms with E-state index in [1.165, 1.54) is 11.8 Å². The maximum absolute atomic E-state index is 12.5. The predicted octanol–water partition coefficient (Wildman–Crippen LogP) is 3.04. The van der Waals surface area contributed by atoms with Gasteiger partial charge in [0, 0.05) is 16.8 Å². The fraction of sp³-hybridized carbons (Fsp3) is 0.429. The normalized spacial score (nSPS) is 12.1. The molecule has 0 spiro atoms. The molecule has 0 bridgehead atoms. The second-order valence-electron chi connectivity index (χ2n) is 5.21. The molecule has 0 unspecified atom stereocenters. The second-order valence-corrected chi connectivity index (χ2v) is 7.06. The van der Waals surface area contributed by atoms with Crippen LogP contribution in [0.1, 0.15) is 20.8 Å². The van der Waals surface area contributed by atoms with E-state index < -0.39 is 5.60 Å². The van der Waals surface area contributed by atoms with Crippen molar-refractivity contribution in [1.29, 1.82) is 0 Å². The van der Waals surface area contributed by atoms with Crippen LogP contribution in [0, 0.1) is 0 Å². The standard InChI is InChI=1S/C14H17BrN2O2S/c1-4-17-12(18)10-7-9(15)5-6-11(10)16-13(17)20-8-14(2,3)19/h5-7,19H,4,8H2,1-3H3. The van der Waals surface area contributed by atoms with Gasteiger partial charge in [0.1, 0.15) is 0 Å². The van der Waals surface area contributed by atoms with Crippen LogP contribution in [0.5, 0.6) is 0 Å².